The normalized spacial score (nSPS) is 11.4. The summed E-state index contributed by atoms with van der Waals surface area (Å²) in [5.41, 5.74) is 0.842. The highest BCUT2D eigenvalue weighted by molar-refractivity contribution is 8.04. The van der Waals surface area contributed by atoms with Gasteiger partial charge in [0.15, 0.2) is 0 Å². The molecule has 0 spiro atoms. The summed E-state index contributed by atoms with van der Waals surface area (Å²) >= 11 is 13.9. The van der Waals surface area contributed by atoms with Crippen LogP contribution in [-0.4, -0.2) is 7.11 Å². The largest absolute Gasteiger partial charge is 0.497 e. The van der Waals surface area contributed by atoms with Crippen molar-refractivity contribution in [2.24, 2.45) is 0 Å². The van der Waals surface area contributed by atoms with Gasteiger partial charge in [-0.2, -0.15) is 0 Å². The Balaban J connectivity index is 2.20. The Morgan fingerprint density at radius 2 is 1.89 bits per heavy atom. The van der Waals surface area contributed by atoms with Crippen molar-refractivity contribution in [2.75, 3.05) is 7.11 Å². The van der Waals surface area contributed by atoms with Crippen LogP contribution >= 0.6 is 35.0 Å². The number of hydrogen-bond donors (Lipinski definition) is 0. The van der Waals surface area contributed by atoms with Crippen LogP contribution in [0.1, 0.15) is 5.56 Å². The maximum absolute atomic E-state index is 6.24. The number of benzene rings is 2. The highest BCUT2D eigenvalue weighted by atomic mass is 35.5. The second-order valence-electron chi connectivity index (χ2n) is 3.75. The van der Waals surface area contributed by atoms with E-state index in [2.05, 4.69) is 0 Å². The summed E-state index contributed by atoms with van der Waals surface area (Å²) in [4.78, 5) is 1.09. The fraction of sp³-hybridized carbons (Fsp3) is 0.0667. The average molecular weight is 311 g/mol. The molecule has 1 nitrogen and oxygen atoms in total. The number of ether oxygens (including phenoxy) is 1. The molecule has 0 aliphatic carbocycles. The van der Waals surface area contributed by atoms with Crippen molar-refractivity contribution in [3.05, 3.63) is 63.5 Å². The second-order valence-corrected chi connectivity index (χ2v) is 5.90. The van der Waals surface area contributed by atoms with Crippen LogP contribution in [-0.2, 0) is 0 Å². The first-order valence-corrected chi connectivity index (χ1v) is 7.20. The van der Waals surface area contributed by atoms with Gasteiger partial charge >= 0.3 is 0 Å². The van der Waals surface area contributed by atoms with Crippen LogP contribution in [0, 0.1) is 0 Å². The van der Waals surface area contributed by atoms with E-state index in [1.165, 1.54) is 11.8 Å². The lowest BCUT2D eigenvalue weighted by atomic mass is 10.2. The molecule has 19 heavy (non-hydrogen) atoms. The van der Waals surface area contributed by atoms with E-state index >= 15 is 0 Å². The van der Waals surface area contributed by atoms with Crippen molar-refractivity contribution in [3.63, 3.8) is 0 Å². The summed E-state index contributed by atoms with van der Waals surface area (Å²) < 4.78 is 5.83. The monoisotopic (exact) mass is 310 g/mol. The van der Waals surface area contributed by atoms with Crippen LogP contribution in [0.4, 0.5) is 0 Å². The summed E-state index contributed by atoms with van der Waals surface area (Å²) in [6, 6.07) is 15.4. The molecule has 0 fully saturated rings. The van der Waals surface area contributed by atoms with Gasteiger partial charge in [-0.1, -0.05) is 53.2 Å². The molecule has 98 valence electrons. The van der Waals surface area contributed by atoms with Gasteiger partial charge in [0.25, 0.3) is 0 Å². The van der Waals surface area contributed by atoms with E-state index in [4.69, 9.17) is 27.9 Å². The Hall–Kier alpha value is -1.09. The smallest absolute Gasteiger partial charge is 0.119 e. The Bertz CT molecular complexity index is 582. The molecule has 0 heterocycles. The lowest BCUT2D eigenvalue weighted by Crippen LogP contribution is -1.84. The fourth-order valence-corrected chi connectivity index (χ4v) is 2.77. The van der Waals surface area contributed by atoms with E-state index in [-0.39, 0.29) is 0 Å². The first-order valence-electron chi connectivity index (χ1n) is 5.62. The molecule has 0 aliphatic rings. The van der Waals surface area contributed by atoms with Crippen LogP contribution in [0.2, 0.25) is 5.02 Å². The molecule has 0 radical (unpaired) electrons. The molecular weight excluding hydrogens is 299 g/mol. The minimum absolute atomic E-state index is 0.646. The third kappa shape index (κ3) is 4.20. The van der Waals surface area contributed by atoms with E-state index in [0.717, 1.165) is 16.2 Å². The standard InChI is InChI=1S/C15H12Cl2OS/c1-18-12-7-8-14(16)11(9-12)10-15(17)19-13-5-3-2-4-6-13/h2-10H,1H3/b15-10-. The van der Waals surface area contributed by atoms with Gasteiger partial charge in [-0.05, 0) is 42.0 Å². The zero-order valence-electron chi connectivity index (χ0n) is 10.3. The van der Waals surface area contributed by atoms with E-state index in [0.29, 0.717) is 9.39 Å². The molecule has 0 aliphatic heterocycles. The van der Waals surface area contributed by atoms with Crippen molar-refractivity contribution in [1.29, 1.82) is 0 Å². The molecule has 0 saturated heterocycles. The van der Waals surface area contributed by atoms with E-state index in [1.54, 1.807) is 13.2 Å². The summed E-state index contributed by atoms with van der Waals surface area (Å²) in [5.74, 6) is 0.754. The van der Waals surface area contributed by atoms with Crippen molar-refractivity contribution in [3.8, 4) is 5.75 Å². The minimum atomic E-state index is 0.646. The van der Waals surface area contributed by atoms with Crippen molar-refractivity contribution in [1.82, 2.24) is 0 Å². The zero-order chi connectivity index (χ0) is 13.7. The topological polar surface area (TPSA) is 9.23 Å². The van der Waals surface area contributed by atoms with Crippen molar-refractivity contribution < 1.29 is 4.74 Å². The van der Waals surface area contributed by atoms with Gasteiger partial charge in [-0.3, -0.25) is 0 Å². The minimum Gasteiger partial charge on any atom is -0.497 e. The number of rotatable bonds is 4. The van der Waals surface area contributed by atoms with Gasteiger partial charge in [0.1, 0.15) is 5.75 Å². The van der Waals surface area contributed by atoms with Crippen LogP contribution in [0.5, 0.6) is 5.75 Å². The molecule has 2 aromatic rings. The molecule has 0 aromatic heterocycles. The number of hydrogen-bond acceptors (Lipinski definition) is 2. The van der Waals surface area contributed by atoms with E-state index < -0.39 is 0 Å². The Morgan fingerprint density at radius 3 is 2.58 bits per heavy atom. The van der Waals surface area contributed by atoms with Gasteiger partial charge in [-0.15, -0.1) is 0 Å². The molecule has 0 unspecified atom stereocenters. The predicted octanol–water partition coefficient (Wildman–Crippen LogP) is 5.68. The Kier molecular flexibility index (Phi) is 5.20. The highest BCUT2D eigenvalue weighted by Crippen LogP contribution is 2.33. The van der Waals surface area contributed by atoms with E-state index in [9.17, 15) is 0 Å². The quantitative estimate of drug-likeness (QED) is 0.672. The van der Waals surface area contributed by atoms with Gasteiger partial charge in [0, 0.05) is 9.92 Å². The van der Waals surface area contributed by atoms with Crippen LogP contribution < -0.4 is 4.74 Å². The molecule has 0 amide bonds. The molecule has 2 rings (SSSR count). The maximum atomic E-state index is 6.24. The number of methoxy groups -OCH3 is 1. The summed E-state index contributed by atoms with van der Waals surface area (Å²) in [5, 5.41) is 0.646. The summed E-state index contributed by atoms with van der Waals surface area (Å²) in [7, 11) is 1.62. The molecule has 4 heteroatoms. The highest BCUT2D eigenvalue weighted by Gasteiger charge is 2.03. The van der Waals surface area contributed by atoms with Crippen molar-refractivity contribution >= 4 is 41.0 Å². The predicted molar refractivity (Wildman–Crippen MR) is 84.1 cm³/mol. The maximum Gasteiger partial charge on any atom is 0.119 e. The third-order valence-corrected chi connectivity index (χ3v) is 3.94. The van der Waals surface area contributed by atoms with Gasteiger partial charge < -0.3 is 4.74 Å². The SMILES string of the molecule is COc1ccc(Cl)c(/C=C(/Cl)Sc2ccccc2)c1. The fourth-order valence-electron chi connectivity index (χ4n) is 1.51. The zero-order valence-corrected chi connectivity index (χ0v) is 12.6. The third-order valence-electron chi connectivity index (χ3n) is 2.43. The number of thioether (sulfide) groups is 1. The van der Waals surface area contributed by atoms with E-state index in [1.807, 2.05) is 48.5 Å². The first-order chi connectivity index (χ1) is 9.19. The average Bonchev–Trinajstić information content (AvgIpc) is 2.42. The molecule has 0 atom stereocenters. The summed E-state index contributed by atoms with van der Waals surface area (Å²) in [6.07, 6.45) is 1.84. The van der Waals surface area contributed by atoms with Gasteiger partial charge in [-0.25, -0.2) is 0 Å². The lowest BCUT2D eigenvalue weighted by Gasteiger charge is -2.04. The molecule has 2 aromatic carbocycles. The lowest BCUT2D eigenvalue weighted by molar-refractivity contribution is 0.414. The Morgan fingerprint density at radius 1 is 1.16 bits per heavy atom. The van der Waals surface area contributed by atoms with Crippen LogP contribution in [0.3, 0.4) is 0 Å². The Labute approximate surface area is 127 Å². The van der Waals surface area contributed by atoms with Crippen LogP contribution in [0.25, 0.3) is 6.08 Å². The molecular formula is C15H12Cl2OS. The first kappa shape index (κ1) is 14.3. The van der Waals surface area contributed by atoms with Gasteiger partial charge in [0.2, 0.25) is 0 Å². The van der Waals surface area contributed by atoms with Crippen LogP contribution in [0.15, 0.2) is 57.8 Å². The molecule has 0 saturated carbocycles. The van der Waals surface area contributed by atoms with Crippen molar-refractivity contribution in [2.45, 2.75) is 4.90 Å². The molecule has 0 bridgehead atoms. The number of halogens is 2. The summed E-state index contributed by atoms with van der Waals surface area (Å²) in [6.45, 7) is 0. The molecule has 0 N–H and O–H groups in total. The van der Waals surface area contributed by atoms with Gasteiger partial charge in [0.05, 0.1) is 11.5 Å². The second kappa shape index (κ2) is 6.90.